The summed E-state index contributed by atoms with van der Waals surface area (Å²) in [6.07, 6.45) is 0. The zero-order chi connectivity index (χ0) is 9.10. The van der Waals surface area contributed by atoms with E-state index in [0.717, 1.165) is 11.1 Å². The molecule has 0 saturated carbocycles. The molecule has 2 aromatic rings. The summed E-state index contributed by atoms with van der Waals surface area (Å²) in [7, 11) is 0. The van der Waals surface area contributed by atoms with Crippen molar-refractivity contribution in [2.24, 2.45) is 0 Å². The average molecular weight is 296 g/mol. The monoisotopic (exact) mass is 294 g/mol. The van der Waals surface area contributed by atoms with Crippen molar-refractivity contribution < 1.29 is 43.7 Å². The molecule has 0 unspecified atom stereocenters. The molecule has 1 nitrogen and oxygen atoms in total. The Morgan fingerprint density at radius 2 is 1.27 bits per heavy atom. The van der Waals surface area contributed by atoms with Crippen LogP contribution in [0.25, 0.3) is 11.1 Å². The number of halogens is 1. The zero-order valence-corrected chi connectivity index (χ0v) is 11.2. The van der Waals surface area contributed by atoms with Gasteiger partial charge in [0.1, 0.15) is 0 Å². The van der Waals surface area contributed by atoms with E-state index in [1.54, 1.807) is 12.1 Å². The molecule has 0 aliphatic rings. The molecule has 0 saturated heterocycles. The van der Waals surface area contributed by atoms with Crippen molar-refractivity contribution in [3.8, 4) is 16.9 Å². The first-order chi connectivity index (χ1) is 6.38. The summed E-state index contributed by atoms with van der Waals surface area (Å²) in [4.78, 5) is 0. The number of rotatable bonds is 1. The summed E-state index contributed by atoms with van der Waals surface area (Å²) in [5.41, 5.74) is 1.75. The molecule has 0 aliphatic heterocycles. The van der Waals surface area contributed by atoms with Gasteiger partial charge < -0.3 is 17.5 Å². The first kappa shape index (κ1) is 14.4. The van der Waals surface area contributed by atoms with Gasteiger partial charge in [0.05, 0.1) is 0 Å². The van der Waals surface area contributed by atoms with E-state index in [4.69, 9.17) is 0 Å². The van der Waals surface area contributed by atoms with Crippen molar-refractivity contribution in [1.82, 2.24) is 0 Å². The predicted molar refractivity (Wildman–Crippen MR) is 51.3 cm³/mol. The van der Waals surface area contributed by atoms with Gasteiger partial charge in [-0.3, -0.25) is 0 Å². The van der Waals surface area contributed by atoms with Gasteiger partial charge in [-0.25, -0.2) is 0 Å². The minimum atomic E-state index is 0. The number of hydrogen-bond acceptors (Lipinski definition) is 1. The van der Waals surface area contributed by atoms with Crippen molar-refractivity contribution in [3.05, 3.63) is 54.6 Å². The quantitative estimate of drug-likeness (QED) is 0.691. The van der Waals surface area contributed by atoms with E-state index < -0.39 is 0 Å². The second kappa shape index (κ2) is 6.82. The van der Waals surface area contributed by atoms with E-state index in [1.807, 2.05) is 42.5 Å². The van der Waals surface area contributed by atoms with E-state index in [9.17, 15) is 5.11 Å². The molecule has 0 N–H and O–H groups in total. The van der Waals surface area contributed by atoms with Crippen LogP contribution in [0.2, 0.25) is 0 Å². The van der Waals surface area contributed by atoms with E-state index in [-0.39, 0.29) is 44.4 Å². The Morgan fingerprint density at radius 3 is 1.87 bits per heavy atom. The van der Waals surface area contributed by atoms with Crippen LogP contribution >= 0.6 is 0 Å². The van der Waals surface area contributed by atoms with Crippen LogP contribution in [-0.4, -0.2) is 0 Å². The van der Waals surface area contributed by atoms with Crippen LogP contribution in [0, 0.1) is 0 Å². The maximum Gasteiger partial charge on any atom is 2.00 e. The Hall–Kier alpha value is -0.587. The average Bonchev–Trinajstić information content (AvgIpc) is 2.20. The number of para-hydroxylation sites is 1. The molecule has 0 atom stereocenters. The van der Waals surface area contributed by atoms with Crippen molar-refractivity contribution in [2.75, 3.05) is 0 Å². The van der Waals surface area contributed by atoms with Gasteiger partial charge in [0, 0.05) is 0 Å². The van der Waals surface area contributed by atoms with Gasteiger partial charge in [0.15, 0.2) is 0 Å². The third kappa shape index (κ3) is 3.48. The van der Waals surface area contributed by atoms with E-state index >= 15 is 0 Å². The molecular weight excluding hydrogens is 287 g/mol. The smallest absolute Gasteiger partial charge is 1.00 e. The molecule has 0 amide bonds. The molecule has 0 fully saturated rings. The summed E-state index contributed by atoms with van der Waals surface area (Å²) < 4.78 is 0. The Morgan fingerprint density at radius 1 is 0.733 bits per heavy atom. The molecule has 0 spiro atoms. The van der Waals surface area contributed by atoms with Gasteiger partial charge >= 0.3 is 26.2 Å². The third-order valence-corrected chi connectivity index (χ3v) is 1.97. The van der Waals surface area contributed by atoms with Crippen LogP contribution < -0.4 is 17.5 Å². The van der Waals surface area contributed by atoms with Crippen molar-refractivity contribution in [1.29, 1.82) is 0 Å². The third-order valence-electron chi connectivity index (χ3n) is 1.97. The van der Waals surface area contributed by atoms with Gasteiger partial charge in [0.2, 0.25) is 0 Å². The molecule has 74 valence electrons. The molecule has 2 aromatic carbocycles. The van der Waals surface area contributed by atoms with Gasteiger partial charge in [-0.15, -0.1) is 5.75 Å². The SMILES string of the molecule is [Cl-].[O-]c1ccccc1-c1ccccc1.[Zr+2]. The van der Waals surface area contributed by atoms with E-state index in [1.165, 1.54) is 0 Å². The first-order valence-corrected chi connectivity index (χ1v) is 4.19. The fourth-order valence-corrected chi connectivity index (χ4v) is 1.32. The van der Waals surface area contributed by atoms with Crippen LogP contribution in [0.3, 0.4) is 0 Å². The minimum Gasteiger partial charge on any atom is -1.00 e. The molecule has 2 rings (SSSR count). The fourth-order valence-electron chi connectivity index (χ4n) is 1.32. The van der Waals surface area contributed by atoms with Crippen LogP contribution in [-0.2, 0) is 26.2 Å². The Balaban J connectivity index is 0.000000980. The van der Waals surface area contributed by atoms with E-state index in [2.05, 4.69) is 0 Å². The van der Waals surface area contributed by atoms with Crippen LogP contribution in [0.4, 0.5) is 0 Å². The van der Waals surface area contributed by atoms with Gasteiger partial charge in [-0.05, 0) is 11.1 Å². The summed E-state index contributed by atoms with van der Waals surface area (Å²) in [5.74, 6) is 0.0775. The van der Waals surface area contributed by atoms with Gasteiger partial charge in [-0.1, -0.05) is 54.6 Å². The predicted octanol–water partition coefficient (Wildman–Crippen LogP) is -0.571. The number of hydrogen-bond donors (Lipinski definition) is 0. The zero-order valence-electron chi connectivity index (χ0n) is 7.98. The number of benzene rings is 2. The maximum absolute atomic E-state index is 11.4. The molecule has 0 heterocycles. The minimum absolute atomic E-state index is 0. The topological polar surface area (TPSA) is 23.1 Å². The second-order valence-corrected chi connectivity index (χ2v) is 2.86. The summed E-state index contributed by atoms with van der Waals surface area (Å²) in [6, 6.07) is 16.8. The standard InChI is InChI=1S/C12H10O.ClH.Zr/c13-12-9-5-4-8-11(12)10-6-2-1-3-7-10;;/h1-9,13H;1H;/q;;+2/p-2. The van der Waals surface area contributed by atoms with Crippen molar-refractivity contribution >= 4 is 0 Å². The molecule has 0 radical (unpaired) electrons. The Kier molecular flexibility index (Phi) is 6.55. The summed E-state index contributed by atoms with van der Waals surface area (Å²) >= 11 is 0. The molecule has 0 aliphatic carbocycles. The second-order valence-electron chi connectivity index (χ2n) is 2.86. The maximum atomic E-state index is 11.4. The molecule has 15 heavy (non-hydrogen) atoms. The molecular formula is C12H9ClOZr. The molecule has 0 bridgehead atoms. The van der Waals surface area contributed by atoms with Crippen LogP contribution in [0.5, 0.6) is 5.75 Å². The summed E-state index contributed by atoms with van der Waals surface area (Å²) in [5, 5.41) is 11.4. The van der Waals surface area contributed by atoms with Crippen LogP contribution in [0.15, 0.2) is 54.6 Å². The Labute approximate surface area is 115 Å². The van der Waals surface area contributed by atoms with Crippen molar-refractivity contribution in [3.63, 3.8) is 0 Å². The van der Waals surface area contributed by atoms with Gasteiger partial charge in [-0.2, -0.15) is 0 Å². The summed E-state index contributed by atoms with van der Waals surface area (Å²) in [6.45, 7) is 0. The first-order valence-electron chi connectivity index (χ1n) is 4.19. The van der Waals surface area contributed by atoms with Gasteiger partial charge in [0.25, 0.3) is 0 Å². The molecule has 3 heteroatoms. The van der Waals surface area contributed by atoms with E-state index in [0.29, 0.717) is 0 Å². The molecule has 0 aromatic heterocycles. The van der Waals surface area contributed by atoms with Crippen molar-refractivity contribution in [2.45, 2.75) is 0 Å². The normalized spacial score (nSPS) is 8.53. The Bertz CT molecular complexity index is 403. The fraction of sp³-hybridized carbons (Fsp3) is 0. The van der Waals surface area contributed by atoms with Crippen LogP contribution in [0.1, 0.15) is 0 Å². The largest absolute Gasteiger partial charge is 2.00 e.